The van der Waals surface area contributed by atoms with Crippen molar-refractivity contribution in [3.63, 3.8) is 0 Å². The van der Waals surface area contributed by atoms with Crippen molar-refractivity contribution in [2.75, 3.05) is 54.8 Å². The minimum absolute atomic E-state index is 0.00597. The quantitative estimate of drug-likeness (QED) is 0.555. The Morgan fingerprint density at radius 1 is 1.00 bits per heavy atom. The van der Waals surface area contributed by atoms with Crippen molar-refractivity contribution in [3.8, 4) is 5.75 Å². The number of sulfonamides is 1. The van der Waals surface area contributed by atoms with Gasteiger partial charge in [0, 0.05) is 37.5 Å². The third-order valence-electron chi connectivity index (χ3n) is 5.36. The molecule has 0 atom stereocenters. The molecule has 0 aromatic heterocycles. The number of hydrogen-bond acceptors (Lipinski definition) is 8. The number of ether oxygens (including phenoxy) is 1. The number of aliphatic carboxylic acids is 1. The molecule has 2 aliphatic rings. The van der Waals surface area contributed by atoms with E-state index in [-0.39, 0.29) is 22.9 Å². The van der Waals surface area contributed by atoms with Crippen molar-refractivity contribution in [2.24, 2.45) is 0 Å². The number of sulfone groups is 1. The minimum atomic E-state index is -5.08. The number of carboxylic acid groups (broad SMARTS) is 1. The van der Waals surface area contributed by atoms with Crippen LogP contribution in [-0.2, 0) is 24.7 Å². The molecule has 2 aromatic carbocycles. The fourth-order valence-electron chi connectivity index (χ4n) is 3.63. The molecular weight excluding hydrogens is 563 g/mol. The van der Waals surface area contributed by atoms with E-state index in [1.807, 2.05) is 0 Å². The first-order valence-electron chi connectivity index (χ1n) is 10.7. The molecule has 2 aliphatic heterocycles. The Bertz CT molecular complexity index is 1360. The van der Waals surface area contributed by atoms with Crippen LogP contribution in [0.4, 0.5) is 24.5 Å². The molecule has 2 N–H and O–H groups in total. The summed E-state index contributed by atoms with van der Waals surface area (Å²) in [6.45, 7) is 3.48. The molecule has 0 radical (unpaired) electrons. The standard InChI is InChI=1S/C19H22ClN3O5S2.C2HF3O2/c1-29(24,25)15-2-4-16(5-3-15)30(26,27)23-10-11-28-19-17(12-14(20)13-18(19)23)22-8-6-21-7-9-22;3-2(4,5)1(6)7/h2-5,12-13,21H,6-11H2,1H3;(H,6,7). The maximum Gasteiger partial charge on any atom is 0.490 e. The molecule has 0 unspecified atom stereocenters. The van der Waals surface area contributed by atoms with Crippen molar-refractivity contribution in [3.05, 3.63) is 41.4 Å². The van der Waals surface area contributed by atoms with Gasteiger partial charge < -0.3 is 20.1 Å². The number of benzene rings is 2. The van der Waals surface area contributed by atoms with E-state index in [1.54, 1.807) is 12.1 Å². The van der Waals surface area contributed by atoms with E-state index < -0.39 is 32.0 Å². The third kappa shape index (κ3) is 6.77. The van der Waals surface area contributed by atoms with E-state index in [4.69, 9.17) is 26.2 Å². The highest BCUT2D eigenvalue weighted by Crippen LogP contribution is 2.44. The minimum Gasteiger partial charge on any atom is -0.487 e. The second-order valence-corrected chi connectivity index (χ2v) is 12.3. The Hall–Kier alpha value is -2.75. The predicted molar refractivity (Wildman–Crippen MR) is 130 cm³/mol. The maximum absolute atomic E-state index is 13.4. The van der Waals surface area contributed by atoms with Gasteiger partial charge in [-0.1, -0.05) is 11.6 Å². The number of carboxylic acids is 1. The molecule has 37 heavy (non-hydrogen) atoms. The summed E-state index contributed by atoms with van der Waals surface area (Å²) in [7, 11) is -7.35. The molecule has 1 fully saturated rings. The lowest BCUT2D eigenvalue weighted by Gasteiger charge is -2.36. The maximum atomic E-state index is 13.4. The van der Waals surface area contributed by atoms with Crippen LogP contribution in [0.1, 0.15) is 0 Å². The highest BCUT2D eigenvalue weighted by atomic mass is 35.5. The van der Waals surface area contributed by atoms with Crippen LogP contribution in [0.2, 0.25) is 5.02 Å². The molecular formula is C21H23ClF3N3O7S2. The van der Waals surface area contributed by atoms with Gasteiger partial charge in [-0.15, -0.1) is 0 Å². The first-order valence-corrected chi connectivity index (χ1v) is 14.4. The Labute approximate surface area is 216 Å². The van der Waals surface area contributed by atoms with E-state index in [0.717, 1.165) is 38.1 Å². The monoisotopic (exact) mass is 585 g/mol. The zero-order chi connectivity index (χ0) is 27.6. The summed E-state index contributed by atoms with van der Waals surface area (Å²) in [6.07, 6.45) is -4.01. The Morgan fingerprint density at radius 2 is 1.51 bits per heavy atom. The van der Waals surface area contributed by atoms with Crippen molar-refractivity contribution in [1.29, 1.82) is 0 Å². The summed E-state index contributed by atoms with van der Waals surface area (Å²) in [5, 5.41) is 10.8. The van der Waals surface area contributed by atoms with Crippen molar-refractivity contribution < 1.29 is 44.6 Å². The van der Waals surface area contributed by atoms with Crippen molar-refractivity contribution >= 4 is 48.8 Å². The molecule has 0 saturated carbocycles. The lowest BCUT2D eigenvalue weighted by Crippen LogP contribution is -2.44. The normalized spacial score (nSPS) is 16.2. The summed E-state index contributed by atoms with van der Waals surface area (Å²) in [5.74, 6) is -2.27. The van der Waals surface area contributed by atoms with Gasteiger partial charge in [-0.25, -0.2) is 21.6 Å². The number of nitrogens with zero attached hydrogens (tertiary/aromatic N) is 2. The van der Waals surface area contributed by atoms with Gasteiger partial charge in [0.15, 0.2) is 15.6 Å². The zero-order valence-electron chi connectivity index (χ0n) is 19.3. The lowest BCUT2D eigenvalue weighted by molar-refractivity contribution is -0.192. The smallest absolute Gasteiger partial charge is 0.487 e. The zero-order valence-corrected chi connectivity index (χ0v) is 21.7. The van der Waals surface area contributed by atoms with Gasteiger partial charge in [0.05, 0.1) is 27.7 Å². The molecule has 0 aliphatic carbocycles. The summed E-state index contributed by atoms with van der Waals surface area (Å²) >= 11 is 6.35. The first-order chi connectivity index (χ1) is 17.1. The second kappa shape index (κ2) is 10.9. The Balaban J connectivity index is 0.000000479. The van der Waals surface area contributed by atoms with Crippen LogP contribution in [0.15, 0.2) is 46.2 Å². The first kappa shape index (κ1) is 28.8. The van der Waals surface area contributed by atoms with Crippen LogP contribution >= 0.6 is 11.6 Å². The largest absolute Gasteiger partial charge is 0.490 e. The summed E-state index contributed by atoms with van der Waals surface area (Å²) in [4.78, 5) is 11.1. The molecule has 1 saturated heterocycles. The SMILES string of the molecule is CS(=O)(=O)c1ccc(S(=O)(=O)N2CCOc3c(N4CCNCC4)cc(Cl)cc32)cc1.O=C(O)C(F)(F)F. The molecule has 0 spiro atoms. The number of alkyl halides is 3. The Kier molecular flexibility index (Phi) is 8.51. The number of anilines is 2. The summed E-state index contributed by atoms with van der Waals surface area (Å²) in [6, 6.07) is 8.60. The van der Waals surface area contributed by atoms with Gasteiger partial charge in [-0.3, -0.25) is 4.31 Å². The van der Waals surface area contributed by atoms with Gasteiger partial charge in [0.1, 0.15) is 6.61 Å². The molecule has 204 valence electrons. The van der Waals surface area contributed by atoms with Gasteiger partial charge in [0.25, 0.3) is 10.0 Å². The van der Waals surface area contributed by atoms with Crippen LogP contribution in [0.5, 0.6) is 5.75 Å². The highest BCUT2D eigenvalue weighted by molar-refractivity contribution is 7.93. The fourth-order valence-corrected chi connectivity index (χ4v) is 5.91. The van der Waals surface area contributed by atoms with E-state index in [2.05, 4.69) is 10.2 Å². The Morgan fingerprint density at radius 3 is 2.03 bits per heavy atom. The predicted octanol–water partition coefficient (Wildman–Crippen LogP) is 2.37. The summed E-state index contributed by atoms with van der Waals surface area (Å²) < 4.78 is 89.0. The van der Waals surface area contributed by atoms with Gasteiger partial charge in [-0.05, 0) is 36.4 Å². The fraction of sp³-hybridized carbons (Fsp3) is 0.381. The average molecular weight is 586 g/mol. The number of halogens is 4. The number of hydrogen-bond donors (Lipinski definition) is 2. The highest BCUT2D eigenvalue weighted by Gasteiger charge is 2.38. The lowest BCUT2D eigenvalue weighted by atomic mass is 10.2. The van der Waals surface area contributed by atoms with Crippen LogP contribution in [0, 0.1) is 0 Å². The topological polar surface area (TPSA) is 133 Å². The van der Waals surface area contributed by atoms with Crippen LogP contribution in [-0.4, -0.2) is 79.7 Å². The van der Waals surface area contributed by atoms with Gasteiger partial charge in [-0.2, -0.15) is 13.2 Å². The molecule has 16 heteroatoms. The molecule has 0 bridgehead atoms. The van der Waals surface area contributed by atoms with Gasteiger partial charge >= 0.3 is 12.1 Å². The molecule has 4 rings (SSSR count). The van der Waals surface area contributed by atoms with Gasteiger partial charge in [0.2, 0.25) is 0 Å². The molecule has 2 heterocycles. The number of nitrogens with one attached hydrogen (secondary N) is 1. The second-order valence-electron chi connectivity index (χ2n) is 7.98. The molecule has 0 amide bonds. The van der Waals surface area contributed by atoms with E-state index >= 15 is 0 Å². The summed E-state index contributed by atoms with van der Waals surface area (Å²) in [5.41, 5.74) is 1.15. The van der Waals surface area contributed by atoms with Crippen LogP contribution < -0.4 is 19.3 Å². The third-order valence-corrected chi connectivity index (χ3v) is 8.54. The van der Waals surface area contributed by atoms with E-state index in [1.165, 1.54) is 28.6 Å². The molecule has 2 aromatic rings. The number of rotatable bonds is 4. The van der Waals surface area contributed by atoms with Crippen molar-refractivity contribution in [2.45, 2.75) is 16.0 Å². The van der Waals surface area contributed by atoms with E-state index in [0.29, 0.717) is 16.5 Å². The van der Waals surface area contributed by atoms with Crippen LogP contribution in [0.25, 0.3) is 0 Å². The van der Waals surface area contributed by atoms with Crippen LogP contribution in [0.3, 0.4) is 0 Å². The molecule has 10 nitrogen and oxygen atoms in total. The number of piperazine rings is 1. The number of carbonyl (C=O) groups is 1. The van der Waals surface area contributed by atoms with Crippen molar-refractivity contribution in [1.82, 2.24) is 5.32 Å². The number of fused-ring (bicyclic) bond motifs is 1. The average Bonchev–Trinajstić information content (AvgIpc) is 2.83. The van der Waals surface area contributed by atoms with E-state index in [9.17, 15) is 30.0 Å².